The number of fused-ring (bicyclic) bond motifs is 1. The van der Waals surface area contributed by atoms with Crippen molar-refractivity contribution in [2.24, 2.45) is 0 Å². The smallest absolute Gasteiger partial charge is 0.417 e. The molecule has 0 radical (unpaired) electrons. The summed E-state index contributed by atoms with van der Waals surface area (Å²) in [6.45, 7) is 3.62. The maximum Gasteiger partial charge on any atom is 0.417 e. The van der Waals surface area contributed by atoms with Crippen molar-refractivity contribution < 1.29 is 26.3 Å². The minimum absolute atomic E-state index is 0.237. The summed E-state index contributed by atoms with van der Waals surface area (Å²) >= 11 is 4.24. The number of methoxy groups -OCH3 is 1. The van der Waals surface area contributed by atoms with Gasteiger partial charge in [0.05, 0.1) is 23.3 Å². The zero-order valence-electron chi connectivity index (χ0n) is 18.1. The predicted octanol–water partition coefficient (Wildman–Crippen LogP) is 7.17. The van der Waals surface area contributed by atoms with Crippen LogP contribution in [0.1, 0.15) is 16.1 Å². The summed E-state index contributed by atoms with van der Waals surface area (Å²) in [5.41, 5.74) is 1.31. The largest absolute Gasteiger partial charge is 0.497 e. The van der Waals surface area contributed by atoms with Crippen molar-refractivity contribution in [3.05, 3.63) is 69.1 Å². The van der Waals surface area contributed by atoms with Crippen molar-refractivity contribution in [3.63, 3.8) is 0 Å². The molecule has 0 atom stereocenters. The second kappa shape index (κ2) is 8.86. The third kappa shape index (κ3) is 4.64. The molecule has 0 unspecified atom stereocenters. The number of nitrogens with one attached hydrogen (secondary N) is 1. The van der Waals surface area contributed by atoms with E-state index in [-0.39, 0.29) is 10.2 Å². The molecule has 2 aromatic heterocycles. The third-order valence-corrected chi connectivity index (χ3v) is 8.18. The monoisotopic (exact) mass is 570 g/mol. The van der Waals surface area contributed by atoms with E-state index in [4.69, 9.17) is 4.74 Å². The number of rotatable bonds is 5. The van der Waals surface area contributed by atoms with Crippen molar-refractivity contribution in [2.75, 3.05) is 11.8 Å². The number of aromatic nitrogens is 1. The van der Waals surface area contributed by atoms with Gasteiger partial charge in [-0.25, -0.2) is 13.4 Å². The van der Waals surface area contributed by atoms with Crippen LogP contribution in [-0.4, -0.2) is 20.5 Å². The van der Waals surface area contributed by atoms with E-state index in [0.717, 1.165) is 28.1 Å². The molecule has 0 bridgehead atoms. The van der Waals surface area contributed by atoms with E-state index in [1.54, 1.807) is 26.2 Å². The van der Waals surface area contributed by atoms with E-state index in [2.05, 4.69) is 25.6 Å². The molecule has 0 aliphatic carbocycles. The number of thiophene rings is 1. The molecular weight excluding hydrogens is 553 g/mol. The molecule has 4 rings (SSSR count). The lowest BCUT2D eigenvalue weighted by Gasteiger charge is -2.14. The van der Waals surface area contributed by atoms with Gasteiger partial charge in [0.1, 0.15) is 10.6 Å². The van der Waals surface area contributed by atoms with Crippen LogP contribution in [0.25, 0.3) is 21.3 Å². The second-order valence-electron chi connectivity index (χ2n) is 7.50. The highest BCUT2D eigenvalue weighted by atomic mass is 79.9. The Morgan fingerprint density at radius 1 is 1.09 bits per heavy atom. The van der Waals surface area contributed by atoms with Crippen LogP contribution >= 0.6 is 27.3 Å². The third-order valence-electron chi connectivity index (χ3n) is 5.12. The zero-order chi connectivity index (χ0) is 24.8. The fraction of sp³-hybridized carbons (Fsp3) is 0.174. The quantitative estimate of drug-likeness (QED) is 0.276. The molecule has 0 amide bonds. The first-order chi connectivity index (χ1) is 15.9. The molecule has 11 heteroatoms. The van der Waals surface area contributed by atoms with E-state index < -0.39 is 26.7 Å². The van der Waals surface area contributed by atoms with Crippen molar-refractivity contribution in [1.82, 2.24) is 4.98 Å². The number of hydrogen-bond acceptors (Lipinski definition) is 5. The van der Waals surface area contributed by atoms with Gasteiger partial charge in [-0.15, -0.1) is 11.3 Å². The zero-order valence-corrected chi connectivity index (χ0v) is 21.3. The first-order valence-corrected chi connectivity index (χ1v) is 12.9. The summed E-state index contributed by atoms with van der Waals surface area (Å²) in [6.07, 6.45) is -4.71. The van der Waals surface area contributed by atoms with Gasteiger partial charge in [-0.2, -0.15) is 13.2 Å². The van der Waals surface area contributed by atoms with Crippen LogP contribution in [0.3, 0.4) is 0 Å². The molecule has 4 aromatic rings. The van der Waals surface area contributed by atoms with Gasteiger partial charge in [0, 0.05) is 26.0 Å². The summed E-state index contributed by atoms with van der Waals surface area (Å²) in [4.78, 5) is 5.56. The first-order valence-electron chi connectivity index (χ1n) is 9.85. The Morgan fingerprint density at radius 3 is 2.50 bits per heavy atom. The molecular formula is C23H18BrF3N2O3S2. The predicted molar refractivity (Wildman–Crippen MR) is 131 cm³/mol. The number of sulfonamides is 1. The molecule has 34 heavy (non-hydrogen) atoms. The highest BCUT2D eigenvalue weighted by Gasteiger charge is 2.34. The molecule has 0 saturated carbocycles. The molecule has 2 aromatic carbocycles. The number of alkyl halides is 3. The van der Waals surface area contributed by atoms with Crippen LogP contribution in [0.2, 0.25) is 0 Å². The number of ether oxygens (including phenoxy) is 1. The number of halogens is 4. The summed E-state index contributed by atoms with van der Waals surface area (Å²) in [7, 11) is -2.79. The summed E-state index contributed by atoms with van der Waals surface area (Å²) in [5.74, 6) is 0.632. The van der Waals surface area contributed by atoms with E-state index in [0.29, 0.717) is 27.7 Å². The topological polar surface area (TPSA) is 68.3 Å². The molecule has 2 heterocycles. The molecule has 0 saturated heterocycles. The number of aryl methyl sites for hydroxylation is 2. The Kier molecular flexibility index (Phi) is 6.38. The average Bonchev–Trinajstić information content (AvgIpc) is 3.08. The summed E-state index contributed by atoms with van der Waals surface area (Å²) in [5, 5.41) is 0.568. The van der Waals surface area contributed by atoms with E-state index >= 15 is 0 Å². The summed E-state index contributed by atoms with van der Waals surface area (Å²) < 4.78 is 74.0. The lowest BCUT2D eigenvalue weighted by atomic mass is 10.0. The van der Waals surface area contributed by atoms with Crippen molar-refractivity contribution >= 4 is 53.2 Å². The minimum atomic E-state index is -4.71. The number of pyridine rings is 1. The molecule has 0 fully saturated rings. The Bertz CT molecular complexity index is 1520. The van der Waals surface area contributed by atoms with Gasteiger partial charge in [0.25, 0.3) is 10.0 Å². The van der Waals surface area contributed by atoms with Gasteiger partial charge in [-0.3, -0.25) is 4.72 Å². The first kappa shape index (κ1) is 24.5. The Balaban J connectivity index is 1.89. The molecule has 0 aliphatic rings. The Hall–Kier alpha value is -2.63. The van der Waals surface area contributed by atoms with Gasteiger partial charge in [-0.05, 0) is 55.8 Å². The van der Waals surface area contributed by atoms with Gasteiger partial charge >= 0.3 is 6.18 Å². The highest BCUT2D eigenvalue weighted by molar-refractivity contribution is 9.10. The van der Waals surface area contributed by atoms with Crippen LogP contribution in [0, 0.1) is 13.8 Å². The summed E-state index contributed by atoms with van der Waals surface area (Å²) in [6, 6.07) is 11.7. The number of anilines is 1. The van der Waals surface area contributed by atoms with Crippen LogP contribution < -0.4 is 9.46 Å². The minimum Gasteiger partial charge on any atom is -0.497 e. The lowest BCUT2D eigenvalue weighted by Crippen LogP contribution is -2.15. The molecule has 1 N–H and O–H groups in total. The van der Waals surface area contributed by atoms with Crippen molar-refractivity contribution in [2.45, 2.75) is 24.9 Å². The highest BCUT2D eigenvalue weighted by Crippen LogP contribution is 2.43. The van der Waals surface area contributed by atoms with Crippen LogP contribution in [0.4, 0.5) is 18.9 Å². The van der Waals surface area contributed by atoms with Crippen LogP contribution in [0.5, 0.6) is 5.75 Å². The number of hydrogen-bond donors (Lipinski definition) is 1. The fourth-order valence-electron chi connectivity index (χ4n) is 3.63. The van der Waals surface area contributed by atoms with Gasteiger partial charge in [-0.1, -0.05) is 28.1 Å². The fourth-order valence-corrected chi connectivity index (χ4v) is 6.31. The average molecular weight is 571 g/mol. The number of benzene rings is 2. The van der Waals surface area contributed by atoms with Gasteiger partial charge in [0.2, 0.25) is 0 Å². The lowest BCUT2D eigenvalue weighted by molar-refractivity contribution is -0.138. The van der Waals surface area contributed by atoms with Crippen LogP contribution in [-0.2, 0) is 16.2 Å². The molecule has 178 valence electrons. The second-order valence-corrected chi connectivity index (χ2v) is 11.2. The van der Waals surface area contributed by atoms with E-state index in [9.17, 15) is 21.6 Å². The number of nitrogens with zero attached hydrogens (tertiary/aromatic N) is 1. The normalized spacial score (nSPS) is 12.2. The van der Waals surface area contributed by atoms with Gasteiger partial charge < -0.3 is 4.74 Å². The van der Waals surface area contributed by atoms with Crippen molar-refractivity contribution in [1.29, 1.82) is 0 Å². The van der Waals surface area contributed by atoms with Gasteiger partial charge in [0.15, 0.2) is 0 Å². The maximum atomic E-state index is 13.3. The SMILES string of the molecule is COc1cccc(-c2c(C)sc3nc(C)cc(NS(=O)(=O)c4ccc(Br)c(C(F)(F)F)c4)c23)c1. The van der Waals surface area contributed by atoms with Crippen molar-refractivity contribution in [3.8, 4) is 16.9 Å². The molecule has 0 spiro atoms. The van der Waals surface area contributed by atoms with Crippen LogP contribution in [0.15, 0.2) is 57.9 Å². The molecule has 5 nitrogen and oxygen atoms in total. The Morgan fingerprint density at radius 2 is 1.82 bits per heavy atom. The van der Waals surface area contributed by atoms with E-state index in [1.165, 1.54) is 11.3 Å². The Labute approximate surface area is 206 Å². The molecule has 0 aliphatic heterocycles. The van der Waals surface area contributed by atoms with E-state index in [1.807, 2.05) is 25.1 Å². The maximum absolute atomic E-state index is 13.3. The standard InChI is InChI=1S/C23H18BrF3N2O3S2/c1-12-9-19(29-34(30,31)16-7-8-18(24)17(11-16)23(25,26)27)21-20(13(2)33-22(21)28-12)14-5-4-6-15(10-14)32-3/h4-11H,1-3H3,(H,28,29).